The Labute approximate surface area is 96.5 Å². The lowest BCUT2D eigenvalue weighted by atomic mass is 10.1. The van der Waals surface area contributed by atoms with Gasteiger partial charge in [0.15, 0.2) is 0 Å². The van der Waals surface area contributed by atoms with Crippen LogP contribution >= 0.6 is 0 Å². The van der Waals surface area contributed by atoms with E-state index in [1.165, 1.54) is 22.2 Å². The van der Waals surface area contributed by atoms with Crippen LogP contribution in [-0.4, -0.2) is 15.8 Å². The van der Waals surface area contributed by atoms with E-state index in [2.05, 4.69) is 42.7 Å². The van der Waals surface area contributed by atoms with E-state index in [-0.39, 0.29) is 6.10 Å². The summed E-state index contributed by atoms with van der Waals surface area (Å²) in [5.41, 5.74) is 3.77. The largest absolute Gasteiger partial charge is 0.393 e. The fourth-order valence-corrected chi connectivity index (χ4v) is 2.29. The van der Waals surface area contributed by atoms with Gasteiger partial charge in [-0.3, -0.25) is 0 Å². The molecule has 2 rings (SSSR count). The van der Waals surface area contributed by atoms with Gasteiger partial charge in [0.1, 0.15) is 0 Å². The number of hydrogen-bond donors (Lipinski definition) is 1. The Morgan fingerprint density at radius 1 is 1.31 bits per heavy atom. The summed E-state index contributed by atoms with van der Waals surface area (Å²) in [6.45, 7) is 7.04. The third kappa shape index (κ3) is 1.98. The van der Waals surface area contributed by atoms with Gasteiger partial charge < -0.3 is 9.67 Å². The first kappa shape index (κ1) is 11.2. The highest BCUT2D eigenvalue weighted by molar-refractivity contribution is 5.82. The molecule has 1 atom stereocenters. The summed E-state index contributed by atoms with van der Waals surface area (Å²) in [5.74, 6) is 0. The van der Waals surface area contributed by atoms with Crippen LogP contribution in [0.1, 0.15) is 25.1 Å². The lowest BCUT2D eigenvalue weighted by Crippen LogP contribution is -2.09. The Morgan fingerprint density at radius 3 is 2.69 bits per heavy atom. The third-order valence-electron chi connectivity index (χ3n) is 2.96. The van der Waals surface area contributed by atoms with Gasteiger partial charge in [-0.25, -0.2) is 0 Å². The van der Waals surface area contributed by atoms with Crippen molar-refractivity contribution in [2.24, 2.45) is 0 Å². The molecule has 16 heavy (non-hydrogen) atoms. The number of benzene rings is 1. The Kier molecular flexibility index (Phi) is 3.01. The van der Waals surface area contributed by atoms with Gasteiger partial charge in [-0.2, -0.15) is 0 Å². The fraction of sp³-hybridized carbons (Fsp3) is 0.429. The molecule has 0 radical (unpaired) electrons. The molecular weight excluding hydrogens is 198 g/mol. The van der Waals surface area contributed by atoms with Gasteiger partial charge >= 0.3 is 0 Å². The molecule has 0 aliphatic heterocycles. The van der Waals surface area contributed by atoms with Crippen LogP contribution in [0, 0.1) is 6.92 Å². The highest BCUT2D eigenvalue weighted by Gasteiger charge is 2.09. The van der Waals surface area contributed by atoms with Crippen LogP contribution in [-0.2, 0) is 13.0 Å². The minimum absolute atomic E-state index is 0.282. The molecule has 0 bridgehead atoms. The molecule has 1 N–H and O–H groups in total. The summed E-state index contributed by atoms with van der Waals surface area (Å²) in [7, 11) is 0. The maximum absolute atomic E-state index is 9.49. The monoisotopic (exact) mass is 217 g/mol. The lowest BCUT2D eigenvalue weighted by Gasteiger charge is -2.09. The summed E-state index contributed by atoms with van der Waals surface area (Å²) in [6.07, 6.45) is 0.442. The summed E-state index contributed by atoms with van der Waals surface area (Å²) < 4.78 is 2.28. The van der Waals surface area contributed by atoms with Crippen molar-refractivity contribution in [1.82, 2.24) is 4.57 Å². The zero-order valence-electron chi connectivity index (χ0n) is 10.2. The number of aryl methyl sites for hydroxylation is 2. The molecule has 0 amide bonds. The maximum atomic E-state index is 9.49. The minimum Gasteiger partial charge on any atom is -0.393 e. The average molecular weight is 217 g/mol. The second-order valence-electron chi connectivity index (χ2n) is 4.50. The van der Waals surface area contributed by atoms with Crippen molar-refractivity contribution in [2.45, 2.75) is 39.8 Å². The van der Waals surface area contributed by atoms with Crippen molar-refractivity contribution in [2.75, 3.05) is 0 Å². The second-order valence-corrected chi connectivity index (χ2v) is 4.50. The molecule has 2 aromatic rings. The van der Waals surface area contributed by atoms with E-state index in [0.717, 1.165) is 13.0 Å². The zero-order valence-corrected chi connectivity index (χ0v) is 10.2. The molecule has 0 saturated heterocycles. The molecule has 0 aliphatic rings. The Morgan fingerprint density at radius 2 is 2.06 bits per heavy atom. The van der Waals surface area contributed by atoms with Crippen molar-refractivity contribution >= 4 is 10.9 Å². The van der Waals surface area contributed by atoms with Crippen LogP contribution < -0.4 is 0 Å². The molecule has 0 spiro atoms. The number of hydrogen-bond acceptors (Lipinski definition) is 1. The van der Waals surface area contributed by atoms with Crippen LogP contribution in [0.3, 0.4) is 0 Å². The number of nitrogens with zero attached hydrogens (tertiary/aromatic N) is 1. The van der Waals surface area contributed by atoms with Crippen molar-refractivity contribution in [3.63, 3.8) is 0 Å². The lowest BCUT2D eigenvalue weighted by molar-refractivity contribution is 0.193. The van der Waals surface area contributed by atoms with Gasteiger partial charge in [0.05, 0.1) is 6.10 Å². The standard InChI is InChI=1S/C14H19NO/c1-4-15-13(8-11(3)16)9-12-7-10(2)5-6-14(12)15/h5-7,9,11,16H,4,8H2,1-3H3. The summed E-state index contributed by atoms with van der Waals surface area (Å²) in [6, 6.07) is 8.70. The predicted molar refractivity (Wildman–Crippen MR) is 67.7 cm³/mol. The molecule has 0 saturated carbocycles. The first-order valence-electron chi connectivity index (χ1n) is 5.88. The van der Waals surface area contributed by atoms with Crippen LogP contribution in [0.5, 0.6) is 0 Å². The molecule has 2 nitrogen and oxygen atoms in total. The van der Waals surface area contributed by atoms with Gasteiger partial charge in [-0.1, -0.05) is 11.6 Å². The highest BCUT2D eigenvalue weighted by Crippen LogP contribution is 2.22. The molecule has 86 valence electrons. The topological polar surface area (TPSA) is 25.2 Å². The summed E-state index contributed by atoms with van der Waals surface area (Å²) >= 11 is 0. The van der Waals surface area contributed by atoms with Gasteiger partial charge in [0.2, 0.25) is 0 Å². The Balaban J connectivity index is 2.56. The normalized spacial score (nSPS) is 13.2. The van der Waals surface area contributed by atoms with Gasteiger partial charge in [-0.15, -0.1) is 0 Å². The number of aromatic nitrogens is 1. The zero-order chi connectivity index (χ0) is 11.7. The maximum Gasteiger partial charge on any atom is 0.0566 e. The van der Waals surface area contributed by atoms with Crippen molar-refractivity contribution in [3.8, 4) is 0 Å². The van der Waals surface area contributed by atoms with Gasteiger partial charge in [-0.05, 0) is 39.0 Å². The van der Waals surface area contributed by atoms with Gasteiger partial charge in [0.25, 0.3) is 0 Å². The molecule has 0 aliphatic carbocycles. The number of fused-ring (bicyclic) bond motifs is 1. The Hall–Kier alpha value is -1.28. The summed E-state index contributed by atoms with van der Waals surface area (Å²) in [4.78, 5) is 0. The third-order valence-corrected chi connectivity index (χ3v) is 2.96. The molecule has 1 unspecified atom stereocenters. The number of aliphatic hydroxyl groups excluding tert-OH is 1. The van der Waals surface area contributed by atoms with E-state index in [0.29, 0.717) is 0 Å². The van der Waals surface area contributed by atoms with Crippen molar-refractivity contribution in [1.29, 1.82) is 0 Å². The quantitative estimate of drug-likeness (QED) is 0.840. The van der Waals surface area contributed by atoms with Gasteiger partial charge in [0, 0.05) is 29.6 Å². The average Bonchev–Trinajstić information content (AvgIpc) is 2.52. The van der Waals surface area contributed by atoms with E-state index in [1.54, 1.807) is 0 Å². The molecule has 1 heterocycles. The Bertz CT molecular complexity index is 497. The molecular formula is C14H19NO. The highest BCUT2D eigenvalue weighted by atomic mass is 16.3. The van der Waals surface area contributed by atoms with Crippen molar-refractivity contribution in [3.05, 3.63) is 35.5 Å². The minimum atomic E-state index is -0.282. The van der Waals surface area contributed by atoms with E-state index in [1.807, 2.05) is 6.92 Å². The second kappa shape index (κ2) is 4.30. The molecule has 1 aromatic heterocycles. The van der Waals surface area contributed by atoms with E-state index in [4.69, 9.17) is 0 Å². The van der Waals surface area contributed by atoms with E-state index >= 15 is 0 Å². The fourth-order valence-electron chi connectivity index (χ4n) is 2.29. The van der Waals surface area contributed by atoms with Crippen LogP contribution in [0.2, 0.25) is 0 Å². The van der Waals surface area contributed by atoms with E-state index in [9.17, 15) is 5.11 Å². The predicted octanol–water partition coefficient (Wildman–Crippen LogP) is 2.89. The number of aliphatic hydroxyl groups is 1. The van der Waals surface area contributed by atoms with Crippen LogP contribution in [0.15, 0.2) is 24.3 Å². The molecule has 0 fully saturated rings. The number of rotatable bonds is 3. The molecule has 1 aromatic carbocycles. The van der Waals surface area contributed by atoms with E-state index < -0.39 is 0 Å². The smallest absolute Gasteiger partial charge is 0.0566 e. The SMILES string of the molecule is CCn1c(CC(C)O)cc2cc(C)ccc21. The first-order chi connectivity index (χ1) is 7.61. The van der Waals surface area contributed by atoms with Crippen molar-refractivity contribution < 1.29 is 5.11 Å². The first-order valence-corrected chi connectivity index (χ1v) is 5.88. The molecule has 2 heteroatoms. The van der Waals surface area contributed by atoms with Crippen LogP contribution in [0.25, 0.3) is 10.9 Å². The summed E-state index contributed by atoms with van der Waals surface area (Å²) in [5, 5.41) is 10.8. The van der Waals surface area contributed by atoms with Crippen LogP contribution in [0.4, 0.5) is 0 Å².